The number of pyridine rings is 1. The van der Waals surface area contributed by atoms with Gasteiger partial charge in [-0.3, -0.25) is 14.0 Å². The van der Waals surface area contributed by atoms with Gasteiger partial charge in [-0.05, 0) is 36.5 Å². The average Bonchev–Trinajstić information content (AvgIpc) is 3.35. The Labute approximate surface area is 168 Å². The summed E-state index contributed by atoms with van der Waals surface area (Å²) in [5.74, 6) is -0.786. The number of aliphatic hydroxyl groups is 1. The van der Waals surface area contributed by atoms with E-state index in [0.717, 1.165) is 24.4 Å². The van der Waals surface area contributed by atoms with Crippen molar-refractivity contribution in [3.63, 3.8) is 0 Å². The van der Waals surface area contributed by atoms with E-state index in [1.54, 1.807) is 11.0 Å². The van der Waals surface area contributed by atoms with Crippen molar-refractivity contribution in [3.05, 3.63) is 38.5 Å². The zero-order chi connectivity index (χ0) is 20.3. The van der Waals surface area contributed by atoms with Gasteiger partial charge in [-0.1, -0.05) is 5.16 Å². The molecule has 2 aromatic heterocycles. The van der Waals surface area contributed by atoms with Crippen LogP contribution in [0.2, 0.25) is 0 Å². The fourth-order valence-corrected chi connectivity index (χ4v) is 5.03. The third kappa shape index (κ3) is 2.77. The Hall–Kier alpha value is -2.72. The lowest BCUT2D eigenvalue weighted by molar-refractivity contribution is 0.207. The third-order valence-electron chi connectivity index (χ3n) is 5.64. The van der Waals surface area contributed by atoms with E-state index in [0.29, 0.717) is 34.8 Å². The molecule has 1 aliphatic heterocycles. The molecular weight excluding hydrogens is 399 g/mol. The molecule has 1 aliphatic carbocycles. The lowest BCUT2D eigenvalue weighted by Crippen LogP contribution is -2.23. The smallest absolute Gasteiger partial charge is 0.271 e. The maximum atomic E-state index is 15.1. The van der Waals surface area contributed by atoms with Crippen LogP contribution in [0.3, 0.4) is 0 Å². The van der Waals surface area contributed by atoms with E-state index in [2.05, 4.69) is 9.53 Å². The number of H-pyrrole nitrogens is 1. The predicted molar refractivity (Wildman–Crippen MR) is 110 cm³/mol. The number of aromatic nitrogens is 2. The van der Waals surface area contributed by atoms with E-state index in [-0.39, 0.29) is 29.3 Å². The number of benzene rings is 1. The molecule has 0 spiro atoms. The number of aliphatic hydroxyl groups excluding tert-OH is 1. The first kappa shape index (κ1) is 18.3. The quantitative estimate of drug-likeness (QED) is 0.630. The lowest BCUT2D eigenvalue weighted by Gasteiger charge is -2.20. The van der Waals surface area contributed by atoms with Crippen LogP contribution < -0.4 is 15.9 Å². The molecule has 3 aromatic rings. The third-order valence-corrected chi connectivity index (χ3v) is 6.52. The molecule has 152 valence electrons. The number of nitrogens with zero attached hydrogens (tertiary/aromatic N) is 3. The van der Waals surface area contributed by atoms with Crippen molar-refractivity contribution in [1.82, 2.24) is 8.94 Å². The molecular formula is C19H19FN4O4S. The molecule has 1 saturated heterocycles. The Bertz CT molecular complexity index is 1270. The van der Waals surface area contributed by atoms with Gasteiger partial charge in [0.05, 0.1) is 30.1 Å². The van der Waals surface area contributed by atoms with Gasteiger partial charge >= 0.3 is 0 Å². The number of nitrogens with one attached hydrogen (secondary N) is 1. The second-order valence-corrected chi connectivity index (χ2v) is 8.28. The normalized spacial score (nSPS) is 21.0. The van der Waals surface area contributed by atoms with Crippen molar-refractivity contribution in [2.75, 3.05) is 31.7 Å². The van der Waals surface area contributed by atoms with Crippen LogP contribution in [0.1, 0.15) is 18.9 Å². The highest BCUT2D eigenvalue weighted by Crippen LogP contribution is 2.41. The van der Waals surface area contributed by atoms with Gasteiger partial charge in [-0.15, -0.1) is 0 Å². The molecule has 0 amide bonds. The first-order chi connectivity index (χ1) is 14.0. The lowest BCUT2D eigenvalue weighted by atomic mass is 10.1. The minimum atomic E-state index is -0.543. The molecule has 0 radical (unpaired) electrons. The van der Waals surface area contributed by atoms with Crippen LogP contribution in [0.25, 0.3) is 21.1 Å². The SMILES string of the molecule is CON=C1CN(c2cc3c(cc2F)c(=O)c2c(=O)[nH]sc2n3C2CC2)CC1CO. The summed E-state index contributed by atoms with van der Waals surface area (Å²) in [5, 5.41) is 13.9. The summed E-state index contributed by atoms with van der Waals surface area (Å²) in [4.78, 5) is 32.3. The van der Waals surface area contributed by atoms with E-state index < -0.39 is 16.8 Å². The number of rotatable bonds is 4. The molecule has 5 rings (SSSR count). The van der Waals surface area contributed by atoms with Crippen LogP contribution in [-0.4, -0.2) is 46.6 Å². The molecule has 3 heterocycles. The topological polar surface area (TPSA) is 99.9 Å². The van der Waals surface area contributed by atoms with Crippen molar-refractivity contribution in [2.45, 2.75) is 18.9 Å². The van der Waals surface area contributed by atoms with E-state index >= 15 is 4.39 Å². The Morgan fingerprint density at radius 3 is 2.86 bits per heavy atom. The van der Waals surface area contributed by atoms with Crippen LogP contribution in [-0.2, 0) is 4.84 Å². The molecule has 1 saturated carbocycles. The Morgan fingerprint density at radius 2 is 2.17 bits per heavy atom. The van der Waals surface area contributed by atoms with Gasteiger partial charge < -0.3 is 19.4 Å². The van der Waals surface area contributed by atoms with Gasteiger partial charge in [-0.2, -0.15) is 0 Å². The molecule has 29 heavy (non-hydrogen) atoms. The van der Waals surface area contributed by atoms with Crippen molar-refractivity contribution in [2.24, 2.45) is 11.1 Å². The molecule has 0 bridgehead atoms. The fraction of sp³-hybridized carbons (Fsp3) is 0.421. The number of hydrogen-bond donors (Lipinski definition) is 2. The largest absolute Gasteiger partial charge is 0.399 e. The summed E-state index contributed by atoms with van der Waals surface area (Å²) >= 11 is 1.14. The van der Waals surface area contributed by atoms with Crippen LogP contribution in [0.4, 0.5) is 10.1 Å². The van der Waals surface area contributed by atoms with Gasteiger partial charge in [0.15, 0.2) is 0 Å². The minimum Gasteiger partial charge on any atom is -0.399 e. The predicted octanol–water partition coefficient (Wildman–Crippen LogP) is 1.81. The fourth-order valence-electron chi connectivity index (χ4n) is 4.11. The van der Waals surface area contributed by atoms with Crippen molar-refractivity contribution in [1.29, 1.82) is 0 Å². The summed E-state index contributed by atoms with van der Waals surface area (Å²) in [5.41, 5.74) is 0.730. The number of halogens is 1. The Morgan fingerprint density at radius 1 is 1.38 bits per heavy atom. The first-order valence-corrected chi connectivity index (χ1v) is 10.2. The van der Waals surface area contributed by atoms with Gasteiger partial charge in [0, 0.05) is 23.9 Å². The zero-order valence-electron chi connectivity index (χ0n) is 15.6. The molecule has 8 nitrogen and oxygen atoms in total. The summed E-state index contributed by atoms with van der Waals surface area (Å²) in [6.07, 6.45) is 1.90. The van der Waals surface area contributed by atoms with Crippen LogP contribution in [0, 0.1) is 11.7 Å². The molecule has 1 atom stereocenters. The summed E-state index contributed by atoms with van der Waals surface area (Å²) in [6, 6.07) is 3.10. The highest BCUT2D eigenvalue weighted by Gasteiger charge is 2.33. The van der Waals surface area contributed by atoms with Crippen LogP contribution in [0.5, 0.6) is 0 Å². The highest BCUT2D eigenvalue weighted by atomic mass is 32.1. The second-order valence-electron chi connectivity index (χ2n) is 7.49. The Balaban J connectivity index is 1.73. The molecule has 1 unspecified atom stereocenters. The zero-order valence-corrected chi connectivity index (χ0v) is 16.5. The molecule has 10 heteroatoms. The van der Waals surface area contributed by atoms with E-state index in [9.17, 15) is 14.7 Å². The standard InChI is InChI=1S/C19H19FN4O4S/c1-28-21-13-7-23(6-9(13)8-25)15-5-14-11(4-12(15)20)17(26)16-18(27)22-29-19(16)24(14)10-2-3-10/h4-5,9-10,25H,2-3,6-8H2,1H3,(H,22,27). The maximum Gasteiger partial charge on any atom is 0.271 e. The maximum absolute atomic E-state index is 15.1. The molecule has 2 N–H and O–H groups in total. The van der Waals surface area contributed by atoms with Gasteiger partial charge in [0.1, 0.15) is 23.1 Å². The summed E-state index contributed by atoms with van der Waals surface area (Å²) < 4.78 is 19.7. The number of fused-ring (bicyclic) bond motifs is 2. The number of aromatic amines is 1. The van der Waals surface area contributed by atoms with Crippen molar-refractivity contribution in [3.8, 4) is 0 Å². The van der Waals surface area contributed by atoms with Crippen molar-refractivity contribution < 1.29 is 14.3 Å². The van der Waals surface area contributed by atoms with Crippen LogP contribution in [0.15, 0.2) is 26.9 Å². The van der Waals surface area contributed by atoms with Crippen LogP contribution >= 0.6 is 11.5 Å². The highest BCUT2D eigenvalue weighted by molar-refractivity contribution is 7.12. The minimum absolute atomic E-state index is 0.0950. The molecule has 2 aliphatic rings. The van der Waals surface area contributed by atoms with Gasteiger partial charge in [-0.25, -0.2) is 4.39 Å². The van der Waals surface area contributed by atoms with E-state index in [4.69, 9.17) is 4.84 Å². The van der Waals surface area contributed by atoms with E-state index in [1.165, 1.54) is 13.2 Å². The molecule has 1 aromatic carbocycles. The van der Waals surface area contributed by atoms with Gasteiger partial charge in [0.25, 0.3) is 5.56 Å². The van der Waals surface area contributed by atoms with E-state index in [1.807, 2.05) is 4.57 Å². The summed E-state index contributed by atoms with van der Waals surface area (Å²) in [6.45, 7) is 0.613. The average molecular weight is 418 g/mol. The number of oxime groups is 1. The molecule has 2 fully saturated rings. The van der Waals surface area contributed by atoms with Gasteiger partial charge in [0.2, 0.25) is 5.43 Å². The Kier molecular flexibility index (Phi) is 4.21. The second kappa shape index (κ2) is 6.67. The first-order valence-electron chi connectivity index (χ1n) is 9.38. The monoisotopic (exact) mass is 418 g/mol. The van der Waals surface area contributed by atoms with Crippen molar-refractivity contribution >= 4 is 44.1 Å². The number of hydrogen-bond acceptors (Lipinski definition) is 7. The summed E-state index contributed by atoms with van der Waals surface area (Å²) in [7, 11) is 1.43. The number of anilines is 1.